The topological polar surface area (TPSA) is 29.9 Å². The second-order valence-corrected chi connectivity index (χ2v) is 5.77. The van der Waals surface area contributed by atoms with E-state index in [1.54, 1.807) is 0 Å². The van der Waals surface area contributed by atoms with Gasteiger partial charge in [0.25, 0.3) is 0 Å². The molecule has 0 fully saturated rings. The van der Waals surface area contributed by atoms with Crippen molar-refractivity contribution in [1.82, 2.24) is 15.1 Å². The first-order valence-corrected chi connectivity index (χ1v) is 7.18. The Morgan fingerprint density at radius 1 is 1.10 bits per heavy atom. The van der Waals surface area contributed by atoms with Crippen LogP contribution in [0.25, 0.3) is 0 Å². The van der Waals surface area contributed by atoms with Crippen LogP contribution in [0.4, 0.5) is 0 Å². The first kappa shape index (κ1) is 14.8. The molecule has 3 nitrogen and oxygen atoms in total. The monoisotopic (exact) mass is 271 g/mol. The van der Waals surface area contributed by atoms with Gasteiger partial charge >= 0.3 is 0 Å². The lowest BCUT2D eigenvalue weighted by Crippen LogP contribution is -2.19. The number of nitrogens with one attached hydrogen (secondary N) is 1. The Labute approximate surface area is 122 Å². The Bertz CT molecular complexity index is 611. The van der Waals surface area contributed by atoms with Crippen molar-refractivity contribution in [2.45, 2.75) is 47.2 Å². The number of rotatable bonds is 4. The van der Waals surface area contributed by atoms with Crippen LogP contribution in [-0.2, 0) is 13.6 Å². The zero-order valence-electron chi connectivity index (χ0n) is 13.4. The molecule has 3 heteroatoms. The van der Waals surface area contributed by atoms with Crippen molar-refractivity contribution in [2.75, 3.05) is 0 Å². The lowest BCUT2D eigenvalue weighted by molar-refractivity contribution is 0.569. The minimum atomic E-state index is 0.342. The predicted octanol–water partition coefficient (Wildman–Crippen LogP) is 3.50. The molecule has 0 saturated carbocycles. The van der Waals surface area contributed by atoms with Gasteiger partial charge in [0, 0.05) is 30.9 Å². The zero-order chi connectivity index (χ0) is 14.9. The van der Waals surface area contributed by atoms with Crippen LogP contribution in [0.2, 0.25) is 0 Å². The molecule has 0 saturated heterocycles. The lowest BCUT2D eigenvalue weighted by Gasteiger charge is -2.18. The fourth-order valence-electron chi connectivity index (χ4n) is 2.54. The van der Waals surface area contributed by atoms with Crippen molar-refractivity contribution in [3.63, 3.8) is 0 Å². The molecule has 0 spiro atoms. The Morgan fingerprint density at radius 2 is 1.75 bits per heavy atom. The fraction of sp³-hybridized carbons (Fsp3) is 0.471. The number of hydrogen-bond donors (Lipinski definition) is 1. The molecule has 1 unspecified atom stereocenters. The van der Waals surface area contributed by atoms with Crippen LogP contribution in [0.15, 0.2) is 18.3 Å². The smallest absolute Gasteiger partial charge is 0.0537 e. The summed E-state index contributed by atoms with van der Waals surface area (Å²) in [4.78, 5) is 0. The summed E-state index contributed by atoms with van der Waals surface area (Å²) in [7, 11) is 1.98. The summed E-state index contributed by atoms with van der Waals surface area (Å²) >= 11 is 0. The Hall–Kier alpha value is -1.61. The van der Waals surface area contributed by atoms with Crippen molar-refractivity contribution in [3.05, 3.63) is 51.8 Å². The van der Waals surface area contributed by atoms with Crippen LogP contribution >= 0.6 is 0 Å². The highest BCUT2D eigenvalue weighted by molar-refractivity contribution is 5.38. The standard InChI is InChI=1S/C17H25N3/c1-11-7-13(3)17(8-12(11)2)14(4)18-9-16-10-19-20(6)15(16)5/h7-8,10,14,18H,9H2,1-6H3. The van der Waals surface area contributed by atoms with E-state index in [2.05, 4.69) is 57.2 Å². The summed E-state index contributed by atoms with van der Waals surface area (Å²) < 4.78 is 1.92. The summed E-state index contributed by atoms with van der Waals surface area (Å²) in [6, 6.07) is 4.92. The number of nitrogens with zero attached hydrogens (tertiary/aromatic N) is 2. The lowest BCUT2D eigenvalue weighted by atomic mass is 9.96. The molecule has 1 aromatic heterocycles. The minimum absolute atomic E-state index is 0.342. The molecule has 1 heterocycles. The average Bonchev–Trinajstić information content (AvgIpc) is 2.71. The van der Waals surface area contributed by atoms with E-state index in [1.807, 2.05) is 17.9 Å². The third-order valence-electron chi connectivity index (χ3n) is 4.28. The third-order valence-corrected chi connectivity index (χ3v) is 4.28. The first-order chi connectivity index (χ1) is 9.40. The molecule has 0 aliphatic rings. The van der Waals surface area contributed by atoms with Gasteiger partial charge in [0.05, 0.1) is 6.20 Å². The maximum absolute atomic E-state index is 4.29. The van der Waals surface area contributed by atoms with Gasteiger partial charge < -0.3 is 5.32 Å². The van der Waals surface area contributed by atoms with Gasteiger partial charge in [-0.1, -0.05) is 12.1 Å². The van der Waals surface area contributed by atoms with Crippen LogP contribution in [0.3, 0.4) is 0 Å². The normalized spacial score (nSPS) is 12.7. The molecule has 1 atom stereocenters. The summed E-state index contributed by atoms with van der Waals surface area (Å²) in [5.74, 6) is 0. The average molecular weight is 271 g/mol. The van der Waals surface area contributed by atoms with Gasteiger partial charge in [0.1, 0.15) is 0 Å². The highest BCUT2D eigenvalue weighted by atomic mass is 15.3. The van der Waals surface area contributed by atoms with Crippen molar-refractivity contribution >= 4 is 0 Å². The molecule has 0 aliphatic heterocycles. The van der Waals surface area contributed by atoms with Crippen molar-refractivity contribution in [3.8, 4) is 0 Å². The quantitative estimate of drug-likeness (QED) is 0.922. The van der Waals surface area contributed by atoms with Crippen LogP contribution in [0, 0.1) is 27.7 Å². The predicted molar refractivity (Wildman–Crippen MR) is 83.9 cm³/mol. The molecule has 2 aromatic rings. The maximum atomic E-state index is 4.29. The maximum Gasteiger partial charge on any atom is 0.0537 e. The molecule has 1 N–H and O–H groups in total. The summed E-state index contributed by atoms with van der Waals surface area (Å²) in [5, 5.41) is 7.89. The molecular formula is C17H25N3. The molecule has 1 aromatic carbocycles. The van der Waals surface area contributed by atoms with Gasteiger partial charge in [-0.05, 0) is 56.9 Å². The third kappa shape index (κ3) is 2.93. The number of aromatic nitrogens is 2. The molecule has 20 heavy (non-hydrogen) atoms. The second-order valence-electron chi connectivity index (χ2n) is 5.77. The molecule has 0 aliphatic carbocycles. The summed E-state index contributed by atoms with van der Waals surface area (Å²) in [5.41, 5.74) is 7.95. The van der Waals surface area contributed by atoms with Gasteiger partial charge in [-0.25, -0.2) is 0 Å². The minimum Gasteiger partial charge on any atom is -0.306 e. The number of aryl methyl sites for hydroxylation is 4. The van der Waals surface area contributed by atoms with E-state index < -0.39 is 0 Å². The van der Waals surface area contributed by atoms with Crippen molar-refractivity contribution in [1.29, 1.82) is 0 Å². The highest BCUT2D eigenvalue weighted by Gasteiger charge is 2.11. The van der Waals surface area contributed by atoms with Crippen molar-refractivity contribution < 1.29 is 0 Å². The van der Waals surface area contributed by atoms with Crippen molar-refractivity contribution in [2.24, 2.45) is 7.05 Å². The van der Waals surface area contributed by atoms with Crippen LogP contribution in [0.1, 0.15) is 46.5 Å². The van der Waals surface area contributed by atoms with E-state index in [9.17, 15) is 0 Å². The van der Waals surface area contributed by atoms with E-state index >= 15 is 0 Å². The van der Waals surface area contributed by atoms with E-state index in [0.717, 1.165) is 6.54 Å². The van der Waals surface area contributed by atoms with Crippen LogP contribution in [0.5, 0.6) is 0 Å². The molecular weight excluding hydrogens is 246 g/mol. The van der Waals surface area contributed by atoms with Gasteiger partial charge in [-0.2, -0.15) is 5.10 Å². The zero-order valence-corrected chi connectivity index (χ0v) is 13.4. The highest BCUT2D eigenvalue weighted by Crippen LogP contribution is 2.22. The SMILES string of the molecule is Cc1cc(C)c(C(C)NCc2cnn(C)c2C)cc1C. The van der Waals surface area contributed by atoms with Gasteiger partial charge in [-0.15, -0.1) is 0 Å². The van der Waals surface area contributed by atoms with Gasteiger partial charge in [0.15, 0.2) is 0 Å². The number of hydrogen-bond acceptors (Lipinski definition) is 2. The molecule has 0 radical (unpaired) electrons. The largest absolute Gasteiger partial charge is 0.306 e. The van der Waals surface area contributed by atoms with E-state index in [0.29, 0.717) is 6.04 Å². The second kappa shape index (κ2) is 5.80. The van der Waals surface area contributed by atoms with Crippen LogP contribution < -0.4 is 5.32 Å². The summed E-state index contributed by atoms with van der Waals surface area (Å²) in [6.45, 7) is 11.7. The Balaban J connectivity index is 2.11. The van der Waals surface area contributed by atoms with E-state index in [-0.39, 0.29) is 0 Å². The molecule has 2 rings (SSSR count). The van der Waals surface area contributed by atoms with E-state index in [4.69, 9.17) is 0 Å². The van der Waals surface area contributed by atoms with Crippen LogP contribution in [-0.4, -0.2) is 9.78 Å². The first-order valence-electron chi connectivity index (χ1n) is 7.18. The summed E-state index contributed by atoms with van der Waals surface area (Å²) in [6.07, 6.45) is 1.95. The van der Waals surface area contributed by atoms with E-state index in [1.165, 1.54) is 33.5 Å². The molecule has 108 valence electrons. The van der Waals surface area contributed by atoms with Gasteiger partial charge in [0.2, 0.25) is 0 Å². The fourth-order valence-corrected chi connectivity index (χ4v) is 2.54. The molecule has 0 amide bonds. The Kier molecular flexibility index (Phi) is 4.29. The van der Waals surface area contributed by atoms with Gasteiger partial charge in [-0.3, -0.25) is 4.68 Å². The number of benzene rings is 1. The Morgan fingerprint density at radius 3 is 2.35 bits per heavy atom. The molecule has 0 bridgehead atoms.